The predicted molar refractivity (Wildman–Crippen MR) is 112 cm³/mol. The summed E-state index contributed by atoms with van der Waals surface area (Å²) in [5.41, 5.74) is 8.42. The maximum atomic E-state index is 12.3. The Hall–Kier alpha value is -3.16. The number of rotatable bonds is 10. The second-order valence-electron chi connectivity index (χ2n) is 7.11. The molecule has 3 atom stereocenters. The maximum absolute atomic E-state index is 12.3. The lowest BCUT2D eigenvalue weighted by atomic mass is 9.93. The molecule has 0 saturated heterocycles. The fourth-order valence-electron chi connectivity index (χ4n) is 3.28. The molecular formula is C23H27N3O4. The van der Waals surface area contributed by atoms with E-state index in [4.69, 9.17) is 15.0 Å². The first kappa shape index (κ1) is 21.5. The molecule has 0 radical (unpaired) electrons. The van der Waals surface area contributed by atoms with Crippen molar-refractivity contribution < 1.29 is 19.2 Å². The third-order valence-corrected chi connectivity index (χ3v) is 4.92. The van der Waals surface area contributed by atoms with Crippen LogP contribution in [0.5, 0.6) is 0 Å². The van der Waals surface area contributed by atoms with Gasteiger partial charge >= 0.3 is 6.09 Å². The van der Waals surface area contributed by atoms with E-state index in [-0.39, 0.29) is 6.61 Å². The van der Waals surface area contributed by atoms with E-state index in [0.29, 0.717) is 12.2 Å². The fraction of sp³-hybridized carbons (Fsp3) is 0.304. The van der Waals surface area contributed by atoms with E-state index in [2.05, 4.69) is 22.6 Å². The topological polar surface area (TPSA) is 111 Å². The van der Waals surface area contributed by atoms with Crippen molar-refractivity contribution in [3.05, 3.63) is 89.8 Å². The molecule has 1 amide bonds. The third kappa shape index (κ3) is 6.43. The number of nitrogens with one attached hydrogen (secondary N) is 1. The first-order valence-corrected chi connectivity index (χ1v) is 9.99. The maximum Gasteiger partial charge on any atom is 0.407 e. The smallest absolute Gasteiger partial charge is 0.407 e. The quantitative estimate of drug-likeness (QED) is 0.474. The monoisotopic (exact) mass is 409 g/mol. The Balaban J connectivity index is 1.61. The molecule has 1 aromatic heterocycles. The lowest BCUT2D eigenvalue weighted by molar-refractivity contribution is 0.0831. The number of benzene rings is 2. The number of alkyl carbamates (subject to hydrolysis) is 1. The number of hydrogen-bond donors (Lipinski definition) is 3. The molecule has 1 heterocycles. The standard InChI is InChI=1S/C23H27N3O4/c24-21(18-11-5-2-6-12-18)22(26-23(28)29-16-19-14-15-25-30-19)20(27)13-7-10-17-8-3-1-4-9-17/h1-6,8-9,11-12,14-15,20-22,27H,7,10,13,16,24H2,(H,26,28). The second-order valence-corrected chi connectivity index (χ2v) is 7.11. The summed E-state index contributed by atoms with van der Waals surface area (Å²) >= 11 is 0. The molecular weight excluding hydrogens is 382 g/mol. The van der Waals surface area contributed by atoms with Gasteiger partial charge in [0.1, 0.15) is 0 Å². The molecule has 0 fully saturated rings. The highest BCUT2D eigenvalue weighted by Crippen LogP contribution is 2.20. The molecule has 3 rings (SSSR count). The normalized spacial score (nSPS) is 13.9. The van der Waals surface area contributed by atoms with E-state index < -0.39 is 24.3 Å². The Labute approximate surface area is 175 Å². The van der Waals surface area contributed by atoms with Crippen LogP contribution in [-0.2, 0) is 17.8 Å². The van der Waals surface area contributed by atoms with Crippen molar-refractivity contribution in [2.75, 3.05) is 0 Å². The molecule has 0 spiro atoms. The number of carbonyl (C=O) groups is 1. The zero-order valence-electron chi connectivity index (χ0n) is 16.7. The van der Waals surface area contributed by atoms with Crippen LogP contribution in [0, 0.1) is 0 Å². The highest BCUT2D eigenvalue weighted by Gasteiger charge is 2.29. The molecule has 4 N–H and O–H groups in total. The molecule has 2 aromatic carbocycles. The number of aromatic nitrogens is 1. The van der Waals surface area contributed by atoms with E-state index in [9.17, 15) is 9.90 Å². The highest BCUT2D eigenvalue weighted by molar-refractivity contribution is 5.67. The van der Waals surface area contributed by atoms with Gasteiger partial charge in [0.05, 0.1) is 24.4 Å². The van der Waals surface area contributed by atoms with Crippen molar-refractivity contribution in [3.8, 4) is 0 Å². The van der Waals surface area contributed by atoms with Gasteiger partial charge in [-0.1, -0.05) is 65.8 Å². The van der Waals surface area contributed by atoms with Gasteiger partial charge in [0.2, 0.25) is 0 Å². The van der Waals surface area contributed by atoms with Crippen molar-refractivity contribution in [1.29, 1.82) is 0 Å². The molecule has 0 aliphatic rings. The number of aryl methyl sites for hydroxylation is 1. The lowest BCUT2D eigenvalue weighted by Crippen LogP contribution is -2.50. The molecule has 7 heteroatoms. The molecule has 0 bridgehead atoms. The van der Waals surface area contributed by atoms with Crippen LogP contribution >= 0.6 is 0 Å². The van der Waals surface area contributed by atoms with Gasteiger partial charge in [-0.15, -0.1) is 0 Å². The largest absolute Gasteiger partial charge is 0.441 e. The Morgan fingerprint density at radius 2 is 1.80 bits per heavy atom. The lowest BCUT2D eigenvalue weighted by Gasteiger charge is -2.29. The fourth-order valence-corrected chi connectivity index (χ4v) is 3.28. The molecule has 158 valence electrons. The highest BCUT2D eigenvalue weighted by atomic mass is 16.6. The minimum Gasteiger partial charge on any atom is -0.441 e. The summed E-state index contributed by atoms with van der Waals surface area (Å²) in [5.74, 6) is 0.428. The molecule has 30 heavy (non-hydrogen) atoms. The molecule has 3 unspecified atom stereocenters. The van der Waals surface area contributed by atoms with Gasteiger partial charge in [0.15, 0.2) is 12.4 Å². The van der Waals surface area contributed by atoms with E-state index in [1.54, 1.807) is 6.07 Å². The first-order valence-electron chi connectivity index (χ1n) is 9.99. The van der Waals surface area contributed by atoms with Crippen LogP contribution in [0.3, 0.4) is 0 Å². The van der Waals surface area contributed by atoms with E-state index in [0.717, 1.165) is 18.4 Å². The summed E-state index contributed by atoms with van der Waals surface area (Å²) in [6, 6.07) is 19.8. The summed E-state index contributed by atoms with van der Waals surface area (Å²) in [6.45, 7) is -0.0524. The Morgan fingerprint density at radius 3 is 2.47 bits per heavy atom. The van der Waals surface area contributed by atoms with Crippen LogP contribution in [0.1, 0.15) is 35.8 Å². The van der Waals surface area contributed by atoms with Crippen LogP contribution in [-0.4, -0.2) is 28.5 Å². The minimum absolute atomic E-state index is 0.0524. The number of hydrogen-bond acceptors (Lipinski definition) is 6. The van der Waals surface area contributed by atoms with E-state index >= 15 is 0 Å². The van der Waals surface area contributed by atoms with Crippen molar-refractivity contribution in [3.63, 3.8) is 0 Å². The zero-order valence-corrected chi connectivity index (χ0v) is 16.7. The SMILES string of the molecule is NC(c1ccccc1)C(NC(=O)OCc1ccno1)C(O)CCCc1ccccc1. The minimum atomic E-state index is -0.832. The molecule has 3 aromatic rings. The van der Waals surface area contributed by atoms with E-state index in [1.165, 1.54) is 11.8 Å². The zero-order chi connectivity index (χ0) is 21.2. The number of carbonyl (C=O) groups excluding carboxylic acids is 1. The van der Waals surface area contributed by atoms with Gasteiger partial charge in [0.25, 0.3) is 0 Å². The third-order valence-electron chi connectivity index (χ3n) is 4.92. The second kappa shape index (κ2) is 11.1. The molecule has 0 aliphatic heterocycles. The van der Waals surface area contributed by atoms with E-state index in [1.807, 2.05) is 48.5 Å². The van der Waals surface area contributed by atoms with Crippen LogP contribution in [0.15, 0.2) is 77.4 Å². The van der Waals surface area contributed by atoms with Gasteiger partial charge < -0.3 is 25.4 Å². The number of nitrogens with two attached hydrogens (primary N) is 1. The molecule has 0 aliphatic carbocycles. The van der Waals surface area contributed by atoms with Crippen LogP contribution in [0.2, 0.25) is 0 Å². The average Bonchev–Trinajstić information content (AvgIpc) is 3.30. The summed E-state index contributed by atoms with van der Waals surface area (Å²) in [4.78, 5) is 12.3. The summed E-state index contributed by atoms with van der Waals surface area (Å²) in [7, 11) is 0. The van der Waals surface area contributed by atoms with Gasteiger partial charge in [-0.2, -0.15) is 0 Å². The van der Waals surface area contributed by atoms with Gasteiger partial charge in [-0.3, -0.25) is 0 Å². The first-order chi connectivity index (χ1) is 14.6. The van der Waals surface area contributed by atoms with Crippen molar-refractivity contribution in [1.82, 2.24) is 10.5 Å². The number of aliphatic hydroxyl groups is 1. The molecule has 0 saturated carbocycles. The van der Waals surface area contributed by atoms with Crippen molar-refractivity contribution in [2.45, 2.75) is 44.1 Å². The Bertz CT molecular complexity index is 872. The summed E-state index contributed by atoms with van der Waals surface area (Å²) < 4.78 is 10.1. The van der Waals surface area contributed by atoms with Gasteiger partial charge in [0, 0.05) is 6.07 Å². The Morgan fingerprint density at radius 1 is 1.10 bits per heavy atom. The van der Waals surface area contributed by atoms with Gasteiger partial charge in [-0.05, 0) is 30.4 Å². The number of aliphatic hydroxyl groups excluding tert-OH is 1. The molecule has 7 nitrogen and oxygen atoms in total. The number of ether oxygens (including phenoxy) is 1. The number of nitrogens with zero attached hydrogens (tertiary/aromatic N) is 1. The number of amides is 1. The summed E-state index contributed by atoms with van der Waals surface area (Å²) in [5, 5.41) is 17.1. The van der Waals surface area contributed by atoms with Crippen LogP contribution in [0.25, 0.3) is 0 Å². The van der Waals surface area contributed by atoms with Crippen molar-refractivity contribution in [2.24, 2.45) is 5.73 Å². The van der Waals surface area contributed by atoms with Crippen LogP contribution < -0.4 is 11.1 Å². The van der Waals surface area contributed by atoms with Gasteiger partial charge in [-0.25, -0.2) is 4.79 Å². The van der Waals surface area contributed by atoms with Crippen LogP contribution in [0.4, 0.5) is 4.79 Å². The predicted octanol–water partition coefficient (Wildman–Crippen LogP) is 3.35. The summed E-state index contributed by atoms with van der Waals surface area (Å²) in [6.07, 6.45) is 2.05. The van der Waals surface area contributed by atoms with Crippen molar-refractivity contribution >= 4 is 6.09 Å². The Kier molecular flexibility index (Phi) is 8.00. The average molecular weight is 409 g/mol.